The summed E-state index contributed by atoms with van der Waals surface area (Å²) in [4.78, 5) is 14.9. The molecule has 7 heteroatoms. The Labute approximate surface area is 139 Å². The van der Waals surface area contributed by atoms with Crippen LogP contribution < -0.4 is 0 Å². The molecule has 24 heavy (non-hydrogen) atoms. The molecule has 1 fully saturated rings. The smallest absolute Gasteiger partial charge is 0.416 e. The first-order valence-corrected chi connectivity index (χ1v) is 8.17. The number of piperazine rings is 1. The number of hydrogen-bond donors (Lipinski definition) is 1. The molecule has 1 N–H and O–H groups in total. The lowest BCUT2D eigenvalue weighted by Crippen LogP contribution is -2.46. The van der Waals surface area contributed by atoms with E-state index in [4.69, 9.17) is 5.11 Å². The van der Waals surface area contributed by atoms with Crippen LogP contribution in [0, 0.1) is 0 Å². The van der Waals surface area contributed by atoms with Crippen LogP contribution in [0.1, 0.15) is 30.4 Å². The summed E-state index contributed by atoms with van der Waals surface area (Å²) in [5.41, 5.74) is 0.0804. The van der Waals surface area contributed by atoms with Gasteiger partial charge in [-0.1, -0.05) is 18.2 Å². The molecular formula is C17H23F3N2O2. The van der Waals surface area contributed by atoms with Crippen molar-refractivity contribution in [2.24, 2.45) is 0 Å². The largest absolute Gasteiger partial charge is 0.481 e. The Bertz CT molecular complexity index is 541. The normalized spacial score (nSPS) is 17.1. The second-order valence-electron chi connectivity index (χ2n) is 6.17. The lowest BCUT2D eigenvalue weighted by atomic mass is 10.1. The predicted octanol–water partition coefficient (Wildman–Crippen LogP) is 3.08. The Kier molecular flexibility index (Phi) is 6.62. The number of nitrogens with zero attached hydrogens (tertiary/aromatic N) is 2. The molecule has 0 saturated carbocycles. The summed E-state index contributed by atoms with van der Waals surface area (Å²) in [6.07, 6.45) is -2.56. The van der Waals surface area contributed by atoms with Gasteiger partial charge in [0.2, 0.25) is 0 Å². The lowest BCUT2D eigenvalue weighted by Gasteiger charge is -2.34. The van der Waals surface area contributed by atoms with Crippen LogP contribution in [-0.4, -0.2) is 53.6 Å². The van der Waals surface area contributed by atoms with Crippen molar-refractivity contribution in [2.75, 3.05) is 32.7 Å². The number of carbonyl (C=O) groups is 1. The van der Waals surface area contributed by atoms with Crippen LogP contribution >= 0.6 is 0 Å². The van der Waals surface area contributed by atoms with Gasteiger partial charge in [-0.25, -0.2) is 0 Å². The predicted molar refractivity (Wildman–Crippen MR) is 84.6 cm³/mol. The molecule has 2 rings (SSSR count). The van der Waals surface area contributed by atoms with Crippen molar-refractivity contribution in [2.45, 2.75) is 32.0 Å². The second-order valence-corrected chi connectivity index (χ2v) is 6.17. The van der Waals surface area contributed by atoms with Crippen LogP contribution in [-0.2, 0) is 17.5 Å². The van der Waals surface area contributed by atoms with E-state index in [-0.39, 0.29) is 6.42 Å². The van der Waals surface area contributed by atoms with Gasteiger partial charge in [-0.15, -0.1) is 0 Å². The molecule has 0 spiro atoms. The number of halogens is 3. The highest BCUT2D eigenvalue weighted by atomic mass is 19.4. The third-order valence-corrected chi connectivity index (χ3v) is 4.24. The van der Waals surface area contributed by atoms with E-state index in [9.17, 15) is 18.0 Å². The Morgan fingerprint density at radius 1 is 1.08 bits per heavy atom. The Hall–Kier alpha value is -1.60. The number of rotatable bonds is 7. The average molecular weight is 344 g/mol. The van der Waals surface area contributed by atoms with Gasteiger partial charge in [0.25, 0.3) is 0 Å². The van der Waals surface area contributed by atoms with E-state index >= 15 is 0 Å². The van der Waals surface area contributed by atoms with Crippen LogP contribution in [0.25, 0.3) is 0 Å². The summed E-state index contributed by atoms with van der Waals surface area (Å²) in [5, 5.41) is 8.60. The number of carboxylic acid groups (broad SMARTS) is 1. The summed E-state index contributed by atoms with van der Waals surface area (Å²) in [7, 11) is 0. The first-order valence-electron chi connectivity index (χ1n) is 8.17. The molecule has 0 aromatic heterocycles. The number of aliphatic carboxylic acids is 1. The van der Waals surface area contributed by atoms with Crippen LogP contribution in [0.15, 0.2) is 24.3 Å². The molecule has 0 unspecified atom stereocenters. The quantitative estimate of drug-likeness (QED) is 0.772. The highest BCUT2D eigenvalue weighted by Gasteiger charge is 2.30. The molecule has 0 radical (unpaired) electrons. The van der Waals surface area contributed by atoms with E-state index in [0.29, 0.717) is 18.5 Å². The van der Waals surface area contributed by atoms with E-state index < -0.39 is 17.7 Å². The summed E-state index contributed by atoms with van der Waals surface area (Å²) < 4.78 is 38.2. The molecule has 1 aliphatic rings. The monoisotopic (exact) mass is 344 g/mol. The fourth-order valence-corrected chi connectivity index (χ4v) is 2.89. The molecular weight excluding hydrogens is 321 g/mol. The molecule has 1 aliphatic heterocycles. The van der Waals surface area contributed by atoms with E-state index in [2.05, 4.69) is 9.80 Å². The molecule has 0 atom stereocenters. The zero-order chi connectivity index (χ0) is 17.6. The van der Waals surface area contributed by atoms with Gasteiger partial charge in [-0.05, 0) is 31.0 Å². The van der Waals surface area contributed by atoms with Crippen molar-refractivity contribution in [1.29, 1.82) is 0 Å². The maximum atomic E-state index is 12.7. The lowest BCUT2D eigenvalue weighted by molar-refractivity contribution is -0.138. The minimum Gasteiger partial charge on any atom is -0.481 e. The summed E-state index contributed by atoms with van der Waals surface area (Å²) in [6.45, 7) is 4.77. The number of carboxylic acids is 1. The maximum Gasteiger partial charge on any atom is 0.416 e. The van der Waals surface area contributed by atoms with Crippen molar-refractivity contribution in [3.8, 4) is 0 Å². The molecule has 1 heterocycles. The van der Waals surface area contributed by atoms with Gasteiger partial charge >= 0.3 is 12.1 Å². The van der Waals surface area contributed by atoms with E-state index in [1.807, 2.05) is 0 Å². The van der Waals surface area contributed by atoms with Crippen molar-refractivity contribution in [1.82, 2.24) is 9.80 Å². The van der Waals surface area contributed by atoms with Gasteiger partial charge < -0.3 is 10.0 Å². The second kappa shape index (κ2) is 8.48. The third-order valence-electron chi connectivity index (χ3n) is 4.24. The van der Waals surface area contributed by atoms with E-state index in [0.717, 1.165) is 45.2 Å². The van der Waals surface area contributed by atoms with Gasteiger partial charge in [-0.3, -0.25) is 9.69 Å². The zero-order valence-electron chi connectivity index (χ0n) is 13.6. The van der Waals surface area contributed by atoms with Crippen molar-refractivity contribution in [3.63, 3.8) is 0 Å². The standard InChI is InChI=1S/C17H23F3N2O2/c18-17(19,20)15-5-3-4-14(12-15)13-22-10-8-21(9-11-22)7-2-1-6-16(23)24/h3-5,12H,1-2,6-11,13H2,(H,23,24). The van der Waals surface area contributed by atoms with Crippen LogP contribution in [0.4, 0.5) is 13.2 Å². The number of hydrogen-bond acceptors (Lipinski definition) is 3. The maximum absolute atomic E-state index is 12.7. The fourth-order valence-electron chi connectivity index (χ4n) is 2.89. The number of alkyl halides is 3. The first-order chi connectivity index (χ1) is 11.3. The average Bonchev–Trinajstić information content (AvgIpc) is 2.52. The molecule has 134 valence electrons. The highest BCUT2D eigenvalue weighted by Crippen LogP contribution is 2.29. The topological polar surface area (TPSA) is 43.8 Å². The Morgan fingerprint density at radius 2 is 1.75 bits per heavy atom. The Balaban J connectivity index is 1.74. The van der Waals surface area contributed by atoms with Gasteiger partial charge in [0.1, 0.15) is 0 Å². The molecule has 0 amide bonds. The minimum absolute atomic E-state index is 0.204. The van der Waals surface area contributed by atoms with Crippen molar-refractivity contribution >= 4 is 5.97 Å². The first kappa shape index (κ1) is 18.7. The molecule has 0 bridgehead atoms. The molecule has 1 aromatic rings. The fraction of sp³-hybridized carbons (Fsp3) is 0.588. The van der Waals surface area contributed by atoms with Crippen LogP contribution in [0.2, 0.25) is 0 Å². The van der Waals surface area contributed by atoms with Crippen LogP contribution in [0.3, 0.4) is 0 Å². The Morgan fingerprint density at radius 3 is 2.38 bits per heavy atom. The molecule has 4 nitrogen and oxygen atoms in total. The zero-order valence-corrected chi connectivity index (χ0v) is 13.6. The SMILES string of the molecule is O=C(O)CCCCN1CCN(Cc2cccc(C(F)(F)F)c2)CC1. The van der Waals surface area contributed by atoms with Gasteiger partial charge in [0.05, 0.1) is 5.56 Å². The van der Waals surface area contributed by atoms with Crippen molar-refractivity contribution < 1.29 is 23.1 Å². The summed E-state index contributed by atoms with van der Waals surface area (Å²) >= 11 is 0. The van der Waals surface area contributed by atoms with Gasteiger partial charge in [0.15, 0.2) is 0 Å². The minimum atomic E-state index is -4.30. The molecule has 0 aliphatic carbocycles. The van der Waals surface area contributed by atoms with Crippen LogP contribution in [0.5, 0.6) is 0 Å². The number of benzene rings is 1. The van der Waals surface area contributed by atoms with E-state index in [1.165, 1.54) is 12.1 Å². The van der Waals surface area contributed by atoms with Gasteiger partial charge in [0, 0.05) is 39.1 Å². The molecule has 1 aromatic carbocycles. The van der Waals surface area contributed by atoms with Crippen molar-refractivity contribution in [3.05, 3.63) is 35.4 Å². The number of unbranched alkanes of at least 4 members (excludes halogenated alkanes) is 1. The summed E-state index contributed by atoms with van der Waals surface area (Å²) in [6, 6.07) is 5.50. The molecule has 1 saturated heterocycles. The highest BCUT2D eigenvalue weighted by molar-refractivity contribution is 5.66. The van der Waals surface area contributed by atoms with Gasteiger partial charge in [-0.2, -0.15) is 13.2 Å². The van der Waals surface area contributed by atoms with E-state index in [1.54, 1.807) is 6.07 Å². The third kappa shape index (κ3) is 6.13. The summed E-state index contributed by atoms with van der Waals surface area (Å²) in [5.74, 6) is -0.763.